The highest BCUT2D eigenvalue weighted by Gasteiger charge is 2.39. The molecule has 1 atom stereocenters. The van der Waals surface area contributed by atoms with Gasteiger partial charge >= 0.3 is 5.97 Å². The molecule has 1 aliphatic carbocycles. The summed E-state index contributed by atoms with van der Waals surface area (Å²) in [5, 5.41) is 3.26. The summed E-state index contributed by atoms with van der Waals surface area (Å²) < 4.78 is 16.2. The van der Waals surface area contributed by atoms with Crippen molar-refractivity contribution in [2.24, 2.45) is 0 Å². The van der Waals surface area contributed by atoms with E-state index >= 15 is 0 Å². The third kappa shape index (κ3) is 3.01. The Morgan fingerprint density at radius 2 is 2.15 bits per heavy atom. The first kappa shape index (κ1) is 17.4. The van der Waals surface area contributed by atoms with Crippen LogP contribution in [0.4, 0.5) is 0 Å². The van der Waals surface area contributed by atoms with Crippen molar-refractivity contribution in [1.82, 2.24) is 5.32 Å². The molecule has 0 saturated heterocycles. The van der Waals surface area contributed by atoms with E-state index in [1.165, 1.54) is 6.08 Å². The fraction of sp³-hybridized carbons (Fsp3) is 0.333. The molecule has 1 aromatic rings. The van der Waals surface area contributed by atoms with Crippen molar-refractivity contribution in [3.63, 3.8) is 0 Å². The van der Waals surface area contributed by atoms with Crippen molar-refractivity contribution < 1.29 is 23.8 Å². The Morgan fingerprint density at radius 1 is 1.33 bits per heavy atom. The van der Waals surface area contributed by atoms with Gasteiger partial charge in [-0.05, 0) is 37.5 Å². The molecule has 0 saturated carbocycles. The Labute approximate surface area is 157 Å². The molecule has 0 aromatic heterocycles. The first-order chi connectivity index (χ1) is 13.1. The molecule has 1 aromatic carbocycles. The minimum absolute atomic E-state index is 0.0629. The zero-order valence-corrected chi connectivity index (χ0v) is 15.2. The van der Waals surface area contributed by atoms with Crippen LogP contribution in [0.5, 0.6) is 11.5 Å². The largest absolute Gasteiger partial charge is 0.458 e. The highest BCUT2D eigenvalue weighted by Crippen LogP contribution is 2.45. The Balaban J connectivity index is 1.83. The van der Waals surface area contributed by atoms with E-state index in [2.05, 4.69) is 11.9 Å². The molecule has 0 amide bonds. The summed E-state index contributed by atoms with van der Waals surface area (Å²) in [5.41, 5.74) is 3.52. The number of ketones is 1. The van der Waals surface area contributed by atoms with Gasteiger partial charge in [0.05, 0.1) is 5.57 Å². The molecule has 0 radical (unpaired) electrons. The summed E-state index contributed by atoms with van der Waals surface area (Å²) in [6, 6.07) is 5.54. The fourth-order valence-corrected chi connectivity index (χ4v) is 3.89. The Bertz CT molecular complexity index is 896. The van der Waals surface area contributed by atoms with Gasteiger partial charge in [-0.25, -0.2) is 4.79 Å². The molecule has 0 bridgehead atoms. The van der Waals surface area contributed by atoms with E-state index in [4.69, 9.17) is 14.2 Å². The lowest BCUT2D eigenvalue weighted by atomic mass is 9.75. The van der Waals surface area contributed by atoms with Crippen LogP contribution in [0.25, 0.3) is 0 Å². The minimum Gasteiger partial charge on any atom is -0.458 e. The maximum atomic E-state index is 12.8. The summed E-state index contributed by atoms with van der Waals surface area (Å²) in [6.07, 6.45) is 3.60. The second kappa shape index (κ2) is 6.95. The first-order valence-corrected chi connectivity index (χ1v) is 9.01. The third-order valence-electron chi connectivity index (χ3n) is 5.06. The molecule has 6 heteroatoms. The van der Waals surface area contributed by atoms with E-state index in [1.807, 2.05) is 25.1 Å². The van der Waals surface area contributed by atoms with Crippen LogP contribution in [0, 0.1) is 0 Å². The van der Waals surface area contributed by atoms with Gasteiger partial charge in [0.1, 0.15) is 6.61 Å². The third-order valence-corrected chi connectivity index (χ3v) is 5.06. The smallest absolute Gasteiger partial charge is 0.337 e. The zero-order chi connectivity index (χ0) is 19.0. The average molecular weight is 367 g/mol. The summed E-state index contributed by atoms with van der Waals surface area (Å²) in [6.45, 7) is 5.71. The van der Waals surface area contributed by atoms with Crippen LogP contribution in [0.3, 0.4) is 0 Å². The normalized spacial score (nSPS) is 20.9. The number of carbonyl (C=O) groups is 2. The van der Waals surface area contributed by atoms with Gasteiger partial charge in [-0.2, -0.15) is 0 Å². The summed E-state index contributed by atoms with van der Waals surface area (Å²) in [7, 11) is 0. The van der Waals surface area contributed by atoms with Gasteiger partial charge in [-0.1, -0.05) is 18.7 Å². The second-order valence-corrected chi connectivity index (χ2v) is 6.77. The van der Waals surface area contributed by atoms with Crippen LogP contribution in [-0.2, 0) is 14.3 Å². The van der Waals surface area contributed by atoms with E-state index in [0.717, 1.165) is 24.1 Å². The molecule has 2 aliphatic heterocycles. The van der Waals surface area contributed by atoms with E-state index in [0.29, 0.717) is 34.8 Å². The highest BCUT2D eigenvalue weighted by molar-refractivity contribution is 6.03. The van der Waals surface area contributed by atoms with Gasteiger partial charge in [0.25, 0.3) is 0 Å². The van der Waals surface area contributed by atoms with Gasteiger partial charge in [-0.15, -0.1) is 0 Å². The summed E-state index contributed by atoms with van der Waals surface area (Å²) in [5.74, 6) is 0.405. The molecule has 140 valence electrons. The maximum Gasteiger partial charge on any atom is 0.337 e. The Kier molecular flexibility index (Phi) is 4.48. The van der Waals surface area contributed by atoms with Gasteiger partial charge < -0.3 is 19.5 Å². The van der Waals surface area contributed by atoms with Crippen LogP contribution in [-0.4, -0.2) is 25.2 Å². The van der Waals surface area contributed by atoms with Crippen molar-refractivity contribution in [3.8, 4) is 11.5 Å². The number of fused-ring (bicyclic) bond motifs is 1. The number of rotatable bonds is 4. The maximum absolute atomic E-state index is 12.8. The average Bonchev–Trinajstić information content (AvgIpc) is 3.13. The topological polar surface area (TPSA) is 73.9 Å². The molecule has 3 aliphatic rings. The van der Waals surface area contributed by atoms with E-state index < -0.39 is 11.9 Å². The Morgan fingerprint density at radius 3 is 2.96 bits per heavy atom. The number of benzene rings is 1. The molecule has 4 rings (SSSR count). The van der Waals surface area contributed by atoms with E-state index in [1.54, 1.807) is 0 Å². The zero-order valence-electron chi connectivity index (χ0n) is 15.2. The standard InChI is InChI=1S/C21H21NO5/c1-3-9-25-21(24)18-12(2)22-14-5-4-6-15(23)20(14)19(18)13-7-8-16-17(10-13)27-11-26-16/h3,7-8,10,19,22H,1,4-6,9,11H2,2H3. The molecule has 1 unspecified atom stereocenters. The first-order valence-electron chi connectivity index (χ1n) is 9.01. The monoisotopic (exact) mass is 367 g/mol. The van der Waals surface area contributed by atoms with Crippen LogP contribution in [0.15, 0.2) is 53.4 Å². The lowest BCUT2D eigenvalue weighted by Gasteiger charge is -2.34. The van der Waals surface area contributed by atoms with E-state index in [9.17, 15) is 9.59 Å². The minimum atomic E-state index is -0.485. The Hall–Kier alpha value is -3.02. The van der Waals surface area contributed by atoms with E-state index in [-0.39, 0.29) is 19.2 Å². The quantitative estimate of drug-likeness (QED) is 0.651. The number of hydrogen-bond donors (Lipinski definition) is 1. The van der Waals surface area contributed by atoms with Crippen molar-refractivity contribution in [1.29, 1.82) is 0 Å². The lowest BCUT2D eigenvalue weighted by molar-refractivity contribution is -0.138. The van der Waals surface area contributed by atoms with Gasteiger partial charge in [0, 0.05) is 29.3 Å². The lowest BCUT2D eigenvalue weighted by Crippen LogP contribution is -2.34. The molecule has 2 heterocycles. The number of carbonyl (C=O) groups excluding carboxylic acids is 2. The number of ether oxygens (including phenoxy) is 3. The van der Waals surface area contributed by atoms with Crippen molar-refractivity contribution in [2.45, 2.75) is 32.1 Å². The van der Waals surface area contributed by atoms with Crippen LogP contribution >= 0.6 is 0 Å². The summed E-state index contributed by atoms with van der Waals surface area (Å²) >= 11 is 0. The molecule has 6 nitrogen and oxygen atoms in total. The van der Waals surface area contributed by atoms with Crippen LogP contribution in [0.1, 0.15) is 37.7 Å². The predicted molar refractivity (Wildman–Crippen MR) is 98.2 cm³/mol. The van der Waals surface area contributed by atoms with Gasteiger partial charge in [0.15, 0.2) is 17.3 Å². The number of esters is 1. The van der Waals surface area contributed by atoms with Crippen molar-refractivity contribution in [3.05, 3.63) is 59.0 Å². The number of Topliss-reactive ketones (excluding diaryl/α,β-unsaturated/α-hetero) is 1. The highest BCUT2D eigenvalue weighted by atomic mass is 16.7. The SMILES string of the molecule is C=CCOC(=O)C1=C(C)NC2=C(C(=O)CCC2)C1c1ccc2c(c1)OCO2. The van der Waals surface area contributed by atoms with Gasteiger partial charge in [0.2, 0.25) is 6.79 Å². The molecule has 0 fully saturated rings. The van der Waals surface area contributed by atoms with Crippen LogP contribution in [0.2, 0.25) is 0 Å². The predicted octanol–water partition coefficient (Wildman–Crippen LogP) is 3.11. The van der Waals surface area contributed by atoms with Crippen molar-refractivity contribution in [2.75, 3.05) is 13.4 Å². The molecular formula is C21H21NO5. The molecule has 27 heavy (non-hydrogen) atoms. The molecule has 0 spiro atoms. The van der Waals surface area contributed by atoms with Crippen LogP contribution < -0.4 is 14.8 Å². The fourth-order valence-electron chi connectivity index (χ4n) is 3.89. The summed E-state index contributed by atoms with van der Waals surface area (Å²) in [4.78, 5) is 25.6. The second-order valence-electron chi connectivity index (χ2n) is 6.77. The number of allylic oxidation sites excluding steroid dienone is 3. The molecular weight excluding hydrogens is 346 g/mol. The van der Waals surface area contributed by atoms with Crippen molar-refractivity contribution >= 4 is 11.8 Å². The number of nitrogens with one attached hydrogen (secondary N) is 1. The number of dihydropyridines is 1. The molecule has 1 N–H and O–H groups in total. The number of hydrogen-bond acceptors (Lipinski definition) is 6. The van der Waals surface area contributed by atoms with Gasteiger partial charge in [-0.3, -0.25) is 4.79 Å².